The van der Waals surface area contributed by atoms with Crippen LogP contribution in [-0.4, -0.2) is 16.1 Å². The molecular formula is C13H13NO4. The SMILES string of the molecule is CCc1cccc(OCc2nc(C(=O)O)co2)c1. The summed E-state index contributed by atoms with van der Waals surface area (Å²) >= 11 is 0. The fourth-order valence-corrected chi connectivity index (χ4v) is 1.48. The standard InChI is InChI=1S/C13H13NO4/c1-2-9-4-3-5-10(6-9)17-8-12-14-11(7-18-12)13(15)16/h3-7H,2,8H2,1H3,(H,15,16). The molecule has 0 aliphatic heterocycles. The van der Waals surface area contributed by atoms with Crippen LogP contribution in [0, 0.1) is 0 Å². The second kappa shape index (κ2) is 5.35. The number of ether oxygens (including phenoxy) is 1. The van der Waals surface area contributed by atoms with Crippen LogP contribution in [0.4, 0.5) is 0 Å². The predicted octanol–water partition coefficient (Wildman–Crippen LogP) is 2.51. The van der Waals surface area contributed by atoms with E-state index in [0.717, 1.165) is 12.7 Å². The molecule has 0 saturated heterocycles. The van der Waals surface area contributed by atoms with Gasteiger partial charge in [-0.1, -0.05) is 19.1 Å². The van der Waals surface area contributed by atoms with Crippen molar-refractivity contribution in [1.82, 2.24) is 4.98 Å². The van der Waals surface area contributed by atoms with E-state index in [9.17, 15) is 4.79 Å². The molecule has 0 spiro atoms. The maximum atomic E-state index is 10.6. The summed E-state index contributed by atoms with van der Waals surface area (Å²) in [5.74, 6) is -0.156. The Labute approximate surface area is 104 Å². The van der Waals surface area contributed by atoms with E-state index >= 15 is 0 Å². The molecule has 5 nitrogen and oxygen atoms in total. The molecule has 94 valence electrons. The maximum Gasteiger partial charge on any atom is 0.357 e. The molecule has 2 rings (SSSR count). The Morgan fingerprint density at radius 1 is 1.50 bits per heavy atom. The Balaban J connectivity index is 1.99. The number of hydrogen-bond donors (Lipinski definition) is 1. The molecule has 0 atom stereocenters. The van der Waals surface area contributed by atoms with Gasteiger partial charge in [0.1, 0.15) is 12.0 Å². The number of carbonyl (C=O) groups is 1. The summed E-state index contributed by atoms with van der Waals surface area (Å²) in [4.78, 5) is 14.4. The van der Waals surface area contributed by atoms with E-state index in [4.69, 9.17) is 14.3 Å². The van der Waals surface area contributed by atoms with Gasteiger partial charge >= 0.3 is 5.97 Å². The molecule has 0 radical (unpaired) electrons. The highest BCUT2D eigenvalue weighted by Crippen LogP contribution is 2.15. The minimum Gasteiger partial charge on any atom is -0.484 e. The van der Waals surface area contributed by atoms with Gasteiger partial charge < -0.3 is 14.3 Å². The van der Waals surface area contributed by atoms with Gasteiger partial charge in [-0.2, -0.15) is 0 Å². The number of carboxylic acid groups (broad SMARTS) is 1. The molecule has 18 heavy (non-hydrogen) atoms. The van der Waals surface area contributed by atoms with E-state index in [1.165, 1.54) is 5.56 Å². The number of aryl methyl sites for hydroxylation is 1. The predicted molar refractivity (Wildman–Crippen MR) is 63.6 cm³/mol. The number of rotatable bonds is 5. The normalized spacial score (nSPS) is 10.3. The monoisotopic (exact) mass is 247 g/mol. The van der Waals surface area contributed by atoms with Crippen LogP contribution >= 0.6 is 0 Å². The first-order chi connectivity index (χ1) is 8.69. The maximum absolute atomic E-state index is 10.6. The van der Waals surface area contributed by atoms with Gasteiger partial charge in [0.2, 0.25) is 5.89 Å². The van der Waals surface area contributed by atoms with Gasteiger partial charge in [0.15, 0.2) is 12.3 Å². The van der Waals surface area contributed by atoms with Crippen molar-refractivity contribution in [2.75, 3.05) is 0 Å². The largest absolute Gasteiger partial charge is 0.484 e. The van der Waals surface area contributed by atoms with E-state index in [1.54, 1.807) is 0 Å². The number of nitrogens with zero attached hydrogens (tertiary/aromatic N) is 1. The second-order valence-corrected chi connectivity index (χ2v) is 3.72. The number of aromatic carboxylic acids is 1. The smallest absolute Gasteiger partial charge is 0.357 e. The molecule has 0 unspecified atom stereocenters. The van der Waals surface area contributed by atoms with Crippen molar-refractivity contribution in [3.05, 3.63) is 47.7 Å². The highest BCUT2D eigenvalue weighted by Gasteiger charge is 2.10. The topological polar surface area (TPSA) is 72.6 Å². The van der Waals surface area contributed by atoms with Crippen LogP contribution in [0.5, 0.6) is 5.75 Å². The van der Waals surface area contributed by atoms with Crippen molar-refractivity contribution in [1.29, 1.82) is 0 Å². The molecule has 0 aliphatic rings. The second-order valence-electron chi connectivity index (χ2n) is 3.72. The van der Waals surface area contributed by atoms with Gasteiger partial charge in [-0.25, -0.2) is 9.78 Å². The number of benzene rings is 1. The lowest BCUT2D eigenvalue weighted by molar-refractivity contribution is 0.0690. The van der Waals surface area contributed by atoms with Crippen molar-refractivity contribution in [3.8, 4) is 5.75 Å². The first-order valence-electron chi connectivity index (χ1n) is 5.58. The van der Waals surface area contributed by atoms with E-state index in [0.29, 0.717) is 5.75 Å². The summed E-state index contributed by atoms with van der Waals surface area (Å²) in [5, 5.41) is 8.69. The summed E-state index contributed by atoms with van der Waals surface area (Å²) in [6.07, 6.45) is 2.03. The fraction of sp³-hybridized carbons (Fsp3) is 0.231. The fourth-order valence-electron chi connectivity index (χ4n) is 1.48. The highest BCUT2D eigenvalue weighted by atomic mass is 16.5. The summed E-state index contributed by atoms with van der Waals surface area (Å²) in [6, 6.07) is 7.69. The first kappa shape index (κ1) is 12.2. The lowest BCUT2D eigenvalue weighted by Gasteiger charge is -2.04. The van der Waals surface area contributed by atoms with Crippen LogP contribution in [0.15, 0.2) is 34.9 Å². The van der Waals surface area contributed by atoms with Gasteiger partial charge in [-0.15, -0.1) is 0 Å². The molecule has 1 heterocycles. The minimum atomic E-state index is -1.11. The highest BCUT2D eigenvalue weighted by molar-refractivity contribution is 5.84. The van der Waals surface area contributed by atoms with Crippen LogP contribution < -0.4 is 4.74 Å². The molecule has 0 saturated carbocycles. The molecule has 0 amide bonds. The van der Waals surface area contributed by atoms with Gasteiger partial charge in [0.05, 0.1) is 0 Å². The average molecular weight is 247 g/mol. The van der Waals surface area contributed by atoms with Crippen LogP contribution in [0.25, 0.3) is 0 Å². The quantitative estimate of drug-likeness (QED) is 0.878. The van der Waals surface area contributed by atoms with Gasteiger partial charge in [-0.05, 0) is 24.1 Å². The number of hydrogen-bond acceptors (Lipinski definition) is 4. The van der Waals surface area contributed by atoms with Gasteiger partial charge in [-0.3, -0.25) is 0 Å². The molecule has 1 aromatic carbocycles. The summed E-state index contributed by atoms with van der Waals surface area (Å²) < 4.78 is 10.5. The molecule has 1 aromatic heterocycles. The Hall–Kier alpha value is -2.30. The molecule has 2 aromatic rings. The third kappa shape index (κ3) is 2.88. The lowest BCUT2D eigenvalue weighted by Crippen LogP contribution is -1.99. The van der Waals surface area contributed by atoms with Gasteiger partial charge in [0, 0.05) is 0 Å². The van der Waals surface area contributed by atoms with E-state index in [-0.39, 0.29) is 18.2 Å². The zero-order valence-corrected chi connectivity index (χ0v) is 9.92. The lowest BCUT2D eigenvalue weighted by atomic mass is 10.2. The van der Waals surface area contributed by atoms with E-state index in [2.05, 4.69) is 11.9 Å². The number of aromatic nitrogens is 1. The average Bonchev–Trinajstić information content (AvgIpc) is 2.85. The Bertz CT molecular complexity index is 547. The molecule has 0 fully saturated rings. The van der Waals surface area contributed by atoms with Crippen LogP contribution in [0.2, 0.25) is 0 Å². The molecule has 0 aliphatic carbocycles. The molecule has 1 N–H and O–H groups in total. The van der Waals surface area contributed by atoms with Crippen LogP contribution in [-0.2, 0) is 13.0 Å². The minimum absolute atomic E-state index is 0.112. The van der Waals surface area contributed by atoms with E-state index < -0.39 is 5.97 Å². The van der Waals surface area contributed by atoms with Crippen molar-refractivity contribution in [2.24, 2.45) is 0 Å². The third-order valence-electron chi connectivity index (χ3n) is 2.44. The Morgan fingerprint density at radius 2 is 2.33 bits per heavy atom. The Kier molecular flexibility index (Phi) is 3.62. The van der Waals surface area contributed by atoms with Gasteiger partial charge in [0.25, 0.3) is 0 Å². The summed E-state index contributed by atoms with van der Waals surface area (Å²) in [5.41, 5.74) is 1.06. The van der Waals surface area contributed by atoms with Crippen LogP contribution in [0.3, 0.4) is 0 Å². The zero-order valence-electron chi connectivity index (χ0n) is 9.92. The molecular weight excluding hydrogens is 234 g/mol. The third-order valence-corrected chi connectivity index (χ3v) is 2.44. The number of carboxylic acids is 1. The van der Waals surface area contributed by atoms with Crippen molar-refractivity contribution >= 4 is 5.97 Å². The zero-order chi connectivity index (χ0) is 13.0. The summed E-state index contributed by atoms with van der Waals surface area (Å²) in [7, 11) is 0. The molecule has 0 bridgehead atoms. The first-order valence-corrected chi connectivity index (χ1v) is 5.58. The van der Waals surface area contributed by atoms with Crippen LogP contribution in [0.1, 0.15) is 28.9 Å². The van der Waals surface area contributed by atoms with Crippen molar-refractivity contribution in [3.63, 3.8) is 0 Å². The van der Waals surface area contributed by atoms with Crippen molar-refractivity contribution in [2.45, 2.75) is 20.0 Å². The number of oxazole rings is 1. The molecule has 5 heteroatoms. The van der Waals surface area contributed by atoms with Crippen molar-refractivity contribution < 1.29 is 19.1 Å². The van der Waals surface area contributed by atoms with E-state index in [1.807, 2.05) is 24.3 Å². The summed E-state index contributed by atoms with van der Waals surface area (Å²) in [6.45, 7) is 2.17. The Morgan fingerprint density at radius 3 is 3.00 bits per heavy atom.